The molecule has 136 valence electrons. The summed E-state index contributed by atoms with van der Waals surface area (Å²) in [5.74, 6) is 0.132. The molecule has 0 fully saturated rings. The van der Waals surface area contributed by atoms with Crippen LogP contribution in [0.4, 0.5) is 0 Å². The molecule has 1 heterocycles. The molecule has 1 aromatic heterocycles. The number of aromatic nitrogens is 1. The monoisotopic (exact) mass is 350 g/mol. The van der Waals surface area contributed by atoms with E-state index in [1.54, 1.807) is 24.4 Å². The van der Waals surface area contributed by atoms with Crippen molar-refractivity contribution < 1.29 is 5.11 Å². The molecule has 0 saturated heterocycles. The molecule has 0 saturated carbocycles. The Hall–Kier alpha value is -2.59. The second kappa shape index (κ2) is 8.19. The van der Waals surface area contributed by atoms with Gasteiger partial charge in [0.05, 0.1) is 5.39 Å². The average Bonchev–Trinajstić information content (AvgIpc) is 2.63. The summed E-state index contributed by atoms with van der Waals surface area (Å²) in [4.78, 5) is 17.3. The van der Waals surface area contributed by atoms with Crippen LogP contribution in [0.5, 0.6) is 5.75 Å². The van der Waals surface area contributed by atoms with Gasteiger partial charge in [-0.15, -0.1) is 0 Å². The van der Waals surface area contributed by atoms with E-state index in [1.165, 1.54) is 5.56 Å². The van der Waals surface area contributed by atoms with Crippen molar-refractivity contribution >= 4 is 10.8 Å². The van der Waals surface area contributed by atoms with Gasteiger partial charge in [0.2, 0.25) is 0 Å². The van der Waals surface area contributed by atoms with Gasteiger partial charge in [-0.3, -0.25) is 9.69 Å². The van der Waals surface area contributed by atoms with Gasteiger partial charge in [-0.1, -0.05) is 38.1 Å². The molecule has 26 heavy (non-hydrogen) atoms. The van der Waals surface area contributed by atoms with Crippen LogP contribution in [0.25, 0.3) is 21.9 Å². The molecule has 0 atom stereocenters. The molecular weight excluding hydrogens is 324 g/mol. The normalized spacial score (nSPS) is 11.3. The number of hydrogen-bond donors (Lipinski definition) is 2. The zero-order valence-electron chi connectivity index (χ0n) is 15.5. The minimum atomic E-state index is -0.187. The van der Waals surface area contributed by atoms with Crippen LogP contribution >= 0.6 is 0 Å². The van der Waals surface area contributed by atoms with Crippen LogP contribution in [0.3, 0.4) is 0 Å². The van der Waals surface area contributed by atoms with Crippen LogP contribution in [-0.4, -0.2) is 28.1 Å². The van der Waals surface area contributed by atoms with Crippen LogP contribution in [0.2, 0.25) is 0 Å². The van der Waals surface area contributed by atoms with Crippen LogP contribution in [-0.2, 0) is 6.54 Å². The van der Waals surface area contributed by atoms with Crippen molar-refractivity contribution in [3.8, 4) is 16.9 Å². The van der Waals surface area contributed by atoms with Gasteiger partial charge in [0.15, 0.2) is 0 Å². The van der Waals surface area contributed by atoms with Gasteiger partial charge in [0, 0.05) is 23.7 Å². The molecule has 4 nitrogen and oxygen atoms in total. The minimum absolute atomic E-state index is 0.132. The van der Waals surface area contributed by atoms with Crippen molar-refractivity contribution in [1.29, 1.82) is 0 Å². The van der Waals surface area contributed by atoms with Crippen LogP contribution in [0.15, 0.2) is 53.5 Å². The van der Waals surface area contributed by atoms with Crippen molar-refractivity contribution in [2.24, 2.45) is 0 Å². The molecule has 2 N–H and O–H groups in total. The van der Waals surface area contributed by atoms with E-state index < -0.39 is 0 Å². The molecule has 2 aromatic carbocycles. The zero-order valence-corrected chi connectivity index (χ0v) is 15.5. The Morgan fingerprint density at radius 2 is 1.77 bits per heavy atom. The lowest BCUT2D eigenvalue weighted by Crippen LogP contribution is -2.24. The standard InChI is InChI=1S/C22H26N2O2/c1-3-11-24(12-4-2)15-16-7-5-8-17(13-16)19-14-23-22(26)18-9-6-10-20(25)21(18)19/h5-10,13-14,25H,3-4,11-12,15H2,1-2H3,(H,23,26). The number of H-pyrrole nitrogens is 1. The first-order valence-corrected chi connectivity index (χ1v) is 9.29. The van der Waals surface area contributed by atoms with Gasteiger partial charge in [0.1, 0.15) is 5.75 Å². The number of pyridine rings is 1. The molecular formula is C22H26N2O2. The number of benzene rings is 2. The Morgan fingerprint density at radius 3 is 2.50 bits per heavy atom. The maximum atomic E-state index is 12.1. The van der Waals surface area contributed by atoms with Crippen molar-refractivity contribution in [2.45, 2.75) is 33.2 Å². The van der Waals surface area contributed by atoms with Crippen LogP contribution in [0.1, 0.15) is 32.3 Å². The lowest BCUT2D eigenvalue weighted by Gasteiger charge is -2.21. The van der Waals surface area contributed by atoms with Crippen LogP contribution < -0.4 is 5.56 Å². The van der Waals surface area contributed by atoms with Gasteiger partial charge in [-0.2, -0.15) is 0 Å². The quantitative estimate of drug-likeness (QED) is 0.658. The summed E-state index contributed by atoms with van der Waals surface area (Å²) in [5.41, 5.74) is 2.89. The van der Waals surface area contributed by atoms with Gasteiger partial charge in [0.25, 0.3) is 5.56 Å². The van der Waals surface area contributed by atoms with E-state index in [9.17, 15) is 9.90 Å². The number of phenols is 1. The highest BCUT2D eigenvalue weighted by molar-refractivity contribution is 5.99. The second-order valence-corrected chi connectivity index (χ2v) is 6.71. The van der Waals surface area contributed by atoms with E-state index in [0.29, 0.717) is 10.8 Å². The van der Waals surface area contributed by atoms with E-state index in [2.05, 4.69) is 35.9 Å². The number of aromatic amines is 1. The van der Waals surface area contributed by atoms with Crippen molar-refractivity contribution in [3.05, 3.63) is 64.6 Å². The van der Waals surface area contributed by atoms with Gasteiger partial charge in [-0.05, 0) is 55.3 Å². The number of nitrogens with zero attached hydrogens (tertiary/aromatic N) is 1. The summed E-state index contributed by atoms with van der Waals surface area (Å²) in [7, 11) is 0. The summed E-state index contributed by atoms with van der Waals surface area (Å²) in [5, 5.41) is 11.4. The molecule has 4 heteroatoms. The molecule has 0 unspecified atom stereocenters. The topological polar surface area (TPSA) is 56.3 Å². The Balaban J connectivity index is 2.02. The largest absolute Gasteiger partial charge is 0.507 e. The lowest BCUT2D eigenvalue weighted by atomic mass is 9.98. The predicted molar refractivity (Wildman–Crippen MR) is 108 cm³/mol. The number of aromatic hydroxyl groups is 1. The number of fused-ring (bicyclic) bond motifs is 1. The SMILES string of the molecule is CCCN(CCC)Cc1cccc(-c2c[nH]c(=O)c3cccc(O)c23)c1. The smallest absolute Gasteiger partial charge is 0.255 e. The molecule has 0 aliphatic rings. The van der Waals surface area contributed by atoms with Gasteiger partial charge >= 0.3 is 0 Å². The zero-order chi connectivity index (χ0) is 18.5. The predicted octanol–water partition coefficient (Wildman–Crippen LogP) is 4.52. The van der Waals surface area contributed by atoms with E-state index in [0.717, 1.165) is 43.6 Å². The fourth-order valence-electron chi connectivity index (χ4n) is 3.53. The highest BCUT2D eigenvalue weighted by Crippen LogP contribution is 2.32. The Labute approximate surface area is 154 Å². The van der Waals surface area contributed by atoms with Gasteiger partial charge < -0.3 is 10.1 Å². The molecule has 3 rings (SSSR count). The maximum absolute atomic E-state index is 12.1. The fourth-order valence-corrected chi connectivity index (χ4v) is 3.53. The molecule has 3 aromatic rings. The lowest BCUT2D eigenvalue weighted by molar-refractivity contribution is 0.266. The second-order valence-electron chi connectivity index (χ2n) is 6.71. The van der Waals surface area contributed by atoms with Crippen molar-refractivity contribution in [3.63, 3.8) is 0 Å². The summed E-state index contributed by atoms with van der Waals surface area (Å²) < 4.78 is 0. The van der Waals surface area contributed by atoms with Crippen molar-refractivity contribution in [2.75, 3.05) is 13.1 Å². The third-order valence-electron chi connectivity index (χ3n) is 4.63. The fraction of sp³-hybridized carbons (Fsp3) is 0.318. The molecule has 0 spiro atoms. The summed E-state index contributed by atoms with van der Waals surface area (Å²) in [6.45, 7) is 7.48. The first-order valence-electron chi connectivity index (χ1n) is 9.29. The van der Waals surface area contributed by atoms with E-state index >= 15 is 0 Å². The average molecular weight is 350 g/mol. The van der Waals surface area contributed by atoms with Crippen LogP contribution in [0, 0.1) is 0 Å². The summed E-state index contributed by atoms with van der Waals surface area (Å²) in [6, 6.07) is 13.4. The number of hydrogen-bond acceptors (Lipinski definition) is 3. The van der Waals surface area contributed by atoms with Crippen molar-refractivity contribution in [1.82, 2.24) is 9.88 Å². The Kier molecular flexibility index (Phi) is 5.74. The first-order chi connectivity index (χ1) is 12.6. The highest BCUT2D eigenvalue weighted by Gasteiger charge is 2.12. The first kappa shape index (κ1) is 18.2. The number of phenolic OH excluding ortho intramolecular Hbond substituents is 1. The third kappa shape index (κ3) is 3.81. The van der Waals surface area contributed by atoms with E-state index in [1.807, 2.05) is 12.1 Å². The maximum Gasteiger partial charge on any atom is 0.255 e. The summed E-state index contributed by atoms with van der Waals surface area (Å²) in [6.07, 6.45) is 3.97. The van der Waals surface area contributed by atoms with E-state index in [-0.39, 0.29) is 11.3 Å². The van der Waals surface area contributed by atoms with Gasteiger partial charge in [-0.25, -0.2) is 0 Å². The number of rotatable bonds is 7. The highest BCUT2D eigenvalue weighted by atomic mass is 16.3. The molecule has 0 radical (unpaired) electrons. The molecule has 0 aliphatic heterocycles. The molecule has 0 aliphatic carbocycles. The Bertz CT molecular complexity index is 940. The third-order valence-corrected chi connectivity index (χ3v) is 4.63. The Morgan fingerprint density at radius 1 is 1.04 bits per heavy atom. The molecule has 0 amide bonds. The molecule has 0 bridgehead atoms. The van der Waals surface area contributed by atoms with E-state index in [4.69, 9.17) is 0 Å². The summed E-state index contributed by atoms with van der Waals surface area (Å²) >= 11 is 0. The minimum Gasteiger partial charge on any atom is -0.507 e. The number of nitrogens with one attached hydrogen (secondary N) is 1.